The maximum atomic E-state index is 5.33. The molecule has 15 heavy (non-hydrogen) atoms. The van der Waals surface area contributed by atoms with Crippen LogP contribution >= 0.6 is 0 Å². The zero-order valence-electron chi connectivity index (χ0n) is 8.21. The van der Waals surface area contributed by atoms with E-state index in [0.29, 0.717) is 5.78 Å². The van der Waals surface area contributed by atoms with E-state index in [2.05, 4.69) is 9.97 Å². The maximum Gasteiger partial charge on any atom is 0.234 e. The van der Waals surface area contributed by atoms with Gasteiger partial charge in [-0.05, 0) is 25.1 Å². The van der Waals surface area contributed by atoms with Crippen LogP contribution in [0.4, 0.5) is 0 Å². The topological polar surface area (TPSA) is 43.3 Å². The minimum absolute atomic E-state index is 0.696. The first-order valence-corrected chi connectivity index (χ1v) is 4.70. The average Bonchev–Trinajstić information content (AvgIpc) is 2.87. The zero-order chi connectivity index (χ0) is 10.3. The van der Waals surface area contributed by atoms with Gasteiger partial charge in [0.25, 0.3) is 0 Å². The molecule has 0 saturated carbocycles. The Morgan fingerprint density at radius 2 is 2.27 bits per heavy atom. The fourth-order valence-corrected chi connectivity index (χ4v) is 1.65. The maximum absolute atomic E-state index is 5.33. The Kier molecular flexibility index (Phi) is 1.62. The monoisotopic (exact) mass is 199 g/mol. The van der Waals surface area contributed by atoms with E-state index in [1.54, 1.807) is 12.5 Å². The first-order chi connectivity index (χ1) is 7.36. The highest BCUT2D eigenvalue weighted by Crippen LogP contribution is 2.22. The van der Waals surface area contributed by atoms with Crippen LogP contribution in [0, 0.1) is 6.92 Å². The molecule has 0 saturated heterocycles. The van der Waals surface area contributed by atoms with Gasteiger partial charge in [-0.15, -0.1) is 0 Å². The summed E-state index contributed by atoms with van der Waals surface area (Å²) >= 11 is 0. The molecule has 0 unspecified atom stereocenters. The first-order valence-electron chi connectivity index (χ1n) is 4.70. The molecule has 0 aromatic carbocycles. The predicted molar refractivity (Wildman–Crippen MR) is 55.4 cm³/mol. The van der Waals surface area contributed by atoms with Gasteiger partial charge in [0.2, 0.25) is 5.78 Å². The Hall–Kier alpha value is -2.10. The Bertz CT molecular complexity index is 595. The van der Waals surface area contributed by atoms with Crippen LogP contribution in [0.25, 0.3) is 17.2 Å². The molecule has 0 N–H and O–H groups in total. The van der Waals surface area contributed by atoms with E-state index >= 15 is 0 Å². The van der Waals surface area contributed by atoms with Gasteiger partial charge in [-0.25, -0.2) is 9.97 Å². The van der Waals surface area contributed by atoms with Crippen molar-refractivity contribution in [3.63, 3.8) is 0 Å². The van der Waals surface area contributed by atoms with Crippen molar-refractivity contribution in [2.45, 2.75) is 6.92 Å². The van der Waals surface area contributed by atoms with Crippen LogP contribution in [-0.2, 0) is 0 Å². The zero-order valence-corrected chi connectivity index (χ0v) is 8.21. The molecule has 74 valence electrons. The first kappa shape index (κ1) is 8.23. The van der Waals surface area contributed by atoms with E-state index in [-0.39, 0.29) is 0 Å². The summed E-state index contributed by atoms with van der Waals surface area (Å²) in [6, 6.07) is 5.63. The summed E-state index contributed by atoms with van der Waals surface area (Å²) in [5.41, 5.74) is 1.88. The third-order valence-electron chi connectivity index (χ3n) is 2.40. The number of nitrogens with zero attached hydrogens (tertiary/aromatic N) is 3. The van der Waals surface area contributed by atoms with Crippen LogP contribution in [-0.4, -0.2) is 14.4 Å². The molecule has 3 heterocycles. The second-order valence-electron chi connectivity index (χ2n) is 3.31. The van der Waals surface area contributed by atoms with E-state index < -0.39 is 0 Å². The van der Waals surface area contributed by atoms with Gasteiger partial charge in [0, 0.05) is 12.4 Å². The summed E-state index contributed by atoms with van der Waals surface area (Å²) in [5.74, 6) is 1.47. The van der Waals surface area contributed by atoms with E-state index in [4.69, 9.17) is 4.42 Å². The van der Waals surface area contributed by atoms with Crippen molar-refractivity contribution in [1.29, 1.82) is 0 Å². The second-order valence-corrected chi connectivity index (χ2v) is 3.31. The molecule has 0 spiro atoms. The number of aromatic nitrogens is 3. The highest BCUT2D eigenvalue weighted by atomic mass is 16.3. The number of hydrogen-bond donors (Lipinski definition) is 0. The van der Waals surface area contributed by atoms with E-state index in [1.807, 2.05) is 35.7 Å². The number of imidazole rings is 1. The Balaban J connectivity index is 2.33. The van der Waals surface area contributed by atoms with Crippen LogP contribution < -0.4 is 0 Å². The minimum atomic E-state index is 0.696. The van der Waals surface area contributed by atoms with Crippen LogP contribution in [0.2, 0.25) is 0 Å². The fourth-order valence-electron chi connectivity index (χ4n) is 1.65. The molecule has 3 rings (SSSR count). The van der Waals surface area contributed by atoms with Gasteiger partial charge in [-0.1, -0.05) is 0 Å². The SMILES string of the molecule is Cc1c(-c2ccco2)nc2ncccn12. The highest BCUT2D eigenvalue weighted by Gasteiger charge is 2.12. The lowest BCUT2D eigenvalue weighted by Gasteiger charge is -1.94. The molecule has 0 aliphatic rings. The van der Waals surface area contributed by atoms with Crippen LogP contribution in [0.3, 0.4) is 0 Å². The lowest BCUT2D eigenvalue weighted by atomic mass is 10.3. The summed E-state index contributed by atoms with van der Waals surface area (Å²) in [7, 11) is 0. The molecule has 3 aromatic heterocycles. The van der Waals surface area contributed by atoms with Crippen molar-refractivity contribution in [2.24, 2.45) is 0 Å². The highest BCUT2D eigenvalue weighted by molar-refractivity contribution is 5.59. The number of fused-ring (bicyclic) bond motifs is 1. The van der Waals surface area contributed by atoms with E-state index in [0.717, 1.165) is 17.1 Å². The van der Waals surface area contributed by atoms with Gasteiger partial charge in [-0.2, -0.15) is 0 Å². The molecule has 0 atom stereocenters. The van der Waals surface area contributed by atoms with Crippen molar-refractivity contribution in [3.05, 3.63) is 42.5 Å². The van der Waals surface area contributed by atoms with Crippen molar-refractivity contribution < 1.29 is 4.42 Å². The fraction of sp³-hybridized carbons (Fsp3) is 0.0909. The Morgan fingerprint density at radius 1 is 1.33 bits per heavy atom. The summed E-state index contributed by atoms with van der Waals surface area (Å²) in [6.07, 6.45) is 5.32. The van der Waals surface area contributed by atoms with Crippen molar-refractivity contribution in [2.75, 3.05) is 0 Å². The van der Waals surface area contributed by atoms with Gasteiger partial charge < -0.3 is 4.42 Å². The largest absolute Gasteiger partial charge is 0.463 e. The van der Waals surface area contributed by atoms with E-state index in [9.17, 15) is 0 Å². The van der Waals surface area contributed by atoms with Gasteiger partial charge in [0.05, 0.1) is 12.0 Å². The predicted octanol–water partition coefficient (Wildman–Crippen LogP) is 2.30. The van der Waals surface area contributed by atoms with Crippen LogP contribution in [0.1, 0.15) is 5.69 Å². The van der Waals surface area contributed by atoms with Crippen molar-refractivity contribution in [3.8, 4) is 11.5 Å². The van der Waals surface area contributed by atoms with Crippen LogP contribution in [0.5, 0.6) is 0 Å². The molecular formula is C11H9N3O. The van der Waals surface area contributed by atoms with Crippen molar-refractivity contribution >= 4 is 5.78 Å². The summed E-state index contributed by atoms with van der Waals surface area (Å²) < 4.78 is 7.27. The summed E-state index contributed by atoms with van der Waals surface area (Å²) in [6.45, 7) is 2.00. The molecule has 0 fully saturated rings. The molecule has 3 aromatic rings. The molecule has 0 aliphatic carbocycles. The minimum Gasteiger partial charge on any atom is -0.463 e. The number of rotatable bonds is 1. The van der Waals surface area contributed by atoms with E-state index in [1.165, 1.54) is 0 Å². The molecule has 0 bridgehead atoms. The third kappa shape index (κ3) is 1.15. The Morgan fingerprint density at radius 3 is 3.00 bits per heavy atom. The average molecular weight is 199 g/mol. The third-order valence-corrected chi connectivity index (χ3v) is 2.40. The smallest absolute Gasteiger partial charge is 0.234 e. The summed E-state index contributed by atoms with van der Waals surface area (Å²) in [5, 5.41) is 0. The quantitative estimate of drug-likeness (QED) is 0.604. The van der Waals surface area contributed by atoms with Crippen LogP contribution in [0.15, 0.2) is 41.3 Å². The molecule has 0 aliphatic heterocycles. The van der Waals surface area contributed by atoms with Gasteiger partial charge in [-0.3, -0.25) is 4.40 Å². The molecular weight excluding hydrogens is 190 g/mol. The normalized spacial score (nSPS) is 11.0. The van der Waals surface area contributed by atoms with Gasteiger partial charge >= 0.3 is 0 Å². The standard InChI is InChI=1S/C11H9N3O/c1-8-10(9-4-2-7-15-9)13-11-12-5-3-6-14(8)11/h2-7H,1H3. The number of furan rings is 1. The van der Waals surface area contributed by atoms with Gasteiger partial charge in [0.1, 0.15) is 5.69 Å². The second kappa shape index (κ2) is 2.95. The van der Waals surface area contributed by atoms with Crippen molar-refractivity contribution in [1.82, 2.24) is 14.4 Å². The molecule has 4 nitrogen and oxygen atoms in total. The molecule has 0 amide bonds. The van der Waals surface area contributed by atoms with Gasteiger partial charge in [0.15, 0.2) is 5.76 Å². The molecule has 4 heteroatoms. The lowest BCUT2D eigenvalue weighted by Crippen LogP contribution is -1.87. The lowest BCUT2D eigenvalue weighted by molar-refractivity contribution is 0.580. The number of aryl methyl sites for hydroxylation is 1. The number of hydrogen-bond acceptors (Lipinski definition) is 3. The Labute approximate surface area is 86.2 Å². The summed E-state index contributed by atoms with van der Waals surface area (Å²) in [4.78, 5) is 8.60. The molecule has 0 radical (unpaired) electrons.